The molecular weight excluding hydrogens is 190 g/mol. The van der Waals surface area contributed by atoms with Crippen LogP contribution in [0.15, 0.2) is 24.3 Å². The van der Waals surface area contributed by atoms with Gasteiger partial charge in [0.15, 0.2) is 0 Å². The van der Waals surface area contributed by atoms with Gasteiger partial charge >= 0.3 is 0 Å². The van der Waals surface area contributed by atoms with E-state index in [1.165, 1.54) is 0 Å². The molecule has 0 spiro atoms. The largest absolute Gasteiger partial charge is 0.508 e. The standard InChI is InChI=1S/C12H19NO2/c1-9(2)10(7-13)8-15-12-5-3-11(14)4-6-12/h3-6,9-10,14H,7-8,13H2,1-2H3. The van der Waals surface area contributed by atoms with Gasteiger partial charge in [-0.2, -0.15) is 0 Å². The molecule has 0 aromatic heterocycles. The minimum absolute atomic E-state index is 0.251. The first-order valence-electron chi connectivity index (χ1n) is 5.25. The summed E-state index contributed by atoms with van der Waals surface area (Å²) in [6, 6.07) is 6.73. The Bertz CT molecular complexity index is 282. The Morgan fingerprint density at radius 3 is 2.33 bits per heavy atom. The number of hydrogen-bond donors (Lipinski definition) is 2. The summed E-state index contributed by atoms with van der Waals surface area (Å²) in [5.41, 5.74) is 5.64. The molecule has 0 aliphatic carbocycles. The number of aromatic hydroxyl groups is 1. The number of phenolic OH excluding ortho intramolecular Hbond substituents is 1. The summed E-state index contributed by atoms with van der Waals surface area (Å²) in [5.74, 6) is 1.92. The van der Waals surface area contributed by atoms with Crippen LogP contribution in [-0.2, 0) is 0 Å². The van der Waals surface area contributed by atoms with E-state index < -0.39 is 0 Å². The van der Waals surface area contributed by atoms with Crippen molar-refractivity contribution in [3.8, 4) is 11.5 Å². The Hall–Kier alpha value is -1.22. The van der Waals surface area contributed by atoms with Gasteiger partial charge in [0.2, 0.25) is 0 Å². The van der Waals surface area contributed by atoms with E-state index in [2.05, 4.69) is 13.8 Å². The Morgan fingerprint density at radius 1 is 1.27 bits per heavy atom. The van der Waals surface area contributed by atoms with Gasteiger partial charge in [0.1, 0.15) is 11.5 Å². The van der Waals surface area contributed by atoms with Crippen molar-refractivity contribution >= 4 is 0 Å². The normalized spacial score (nSPS) is 12.8. The highest BCUT2D eigenvalue weighted by molar-refractivity contribution is 5.30. The molecule has 3 N–H and O–H groups in total. The number of benzene rings is 1. The molecule has 1 aromatic carbocycles. The first-order chi connectivity index (χ1) is 7.13. The summed E-state index contributed by atoms with van der Waals surface area (Å²) in [6.07, 6.45) is 0. The predicted octanol–water partition coefficient (Wildman–Crippen LogP) is 2.00. The number of ether oxygens (including phenoxy) is 1. The molecule has 0 saturated heterocycles. The van der Waals surface area contributed by atoms with E-state index in [0.29, 0.717) is 25.0 Å². The fourth-order valence-corrected chi connectivity index (χ4v) is 1.28. The summed E-state index contributed by atoms with van der Waals surface area (Å²) in [6.45, 7) is 5.53. The summed E-state index contributed by atoms with van der Waals surface area (Å²) < 4.78 is 5.58. The van der Waals surface area contributed by atoms with Gasteiger partial charge in [-0.25, -0.2) is 0 Å². The molecule has 0 saturated carbocycles. The molecular formula is C12H19NO2. The summed E-state index contributed by atoms with van der Waals surface area (Å²) in [5, 5.41) is 9.09. The molecule has 0 bridgehead atoms. The van der Waals surface area contributed by atoms with Gasteiger partial charge in [-0.15, -0.1) is 0 Å². The van der Waals surface area contributed by atoms with Crippen LogP contribution in [0.5, 0.6) is 11.5 Å². The molecule has 0 aliphatic heterocycles. The summed E-state index contributed by atoms with van der Waals surface area (Å²) in [7, 11) is 0. The number of phenols is 1. The zero-order chi connectivity index (χ0) is 11.3. The minimum atomic E-state index is 0.251. The van der Waals surface area contributed by atoms with Crippen LogP contribution in [0.1, 0.15) is 13.8 Å². The SMILES string of the molecule is CC(C)C(CN)COc1ccc(O)cc1. The van der Waals surface area contributed by atoms with Crippen LogP contribution in [0.3, 0.4) is 0 Å². The highest BCUT2D eigenvalue weighted by Gasteiger charge is 2.11. The molecule has 0 heterocycles. The van der Waals surface area contributed by atoms with Gasteiger partial charge in [0.05, 0.1) is 6.61 Å². The average molecular weight is 209 g/mol. The smallest absolute Gasteiger partial charge is 0.119 e. The van der Waals surface area contributed by atoms with Crippen molar-refractivity contribution in [2.75, 3.05) is 13.2 Å². The van der Waals surface area contributed by atoms with E-state index in [0.717, 1.165) is 5.75 Å². The molecule has 84 valence electrons. The maximum absolute atomic E-state index is 9.09. The van der Waals surface area contributed by atoms with Crippen LogP contribution in [0.4, 0.5) is 0 Å². The van der Waals surface area contributed by atoms with Gasteiger partial charge in [0, 0.05) is 5.92 Å². The van der Waals surface area contributed by atoms with Crippen LogP contribution in [0, 0.1) is 11.8 Å². The number of rotatable bonds is 5. The van der Waals surface area contributed by atoms with Crippen molar-refractivity contribution in [2.45, 2.75) is 13.8 Å². The average Bonchev–Trinajstić information content (AvgIpc) is 2.21. The molecule has 1 unspecified atom stereocenters. The van der Waals surface area contributed by atoms with Crippen molar-refractivity contribution in [1.29, 1.82) is 0 Å². The van der Waals surface area contributed by atoms with Crippen LogP contribution in [0.2, 0.25) is 0 Å². The fourth-order valence-electron chi connectivity index (χ4n) is 1.28. The second-order valence-electron chi connectivity index (χ2n) is 4.04. The number of hydrogen-bond acceptors (Lipinski definition) is 3. The number of nitrogens with two attached hydrogens (primary N) is 1. The lowest BCUT2D eigenvalue weighted by Crippen LogP contribution is -2.26. The third kappa shape index (κ3) is 3.80. The highest BCUT2D eigenvalue weighted by Crippen LogP contribution is 2.18. The van der Waals surface area contributed by atoms with Gasteiger partial charge in [-0.3, -0.25) is 0 Å². The monoisotopic (exact) mass is 209 g/mol. The predicted molar refractivity (Wildman–Crippen MR) is 61.0 cm³/mol. The second-order valence-corrected chi connectivity index (χ2v) is 4.04. The van der Waals surface area contributed by atoms with E-state index in [1.54, 1.807) is 24.3 Å². The maximum atomic E-state index is 9.09. The van der Waals surface area contributed by atoms with Crippen LogP contribution >= 0.6 is 0 Å². The van der Waals surface area contributed by atoms with E-state index in [4.69, 9.17) is 15.6 Å². The lowest BCUT2D eigenvalue weighted by atomic mass is 9.97. The van der Waals surface area contributed by atoms with Crippen molar-refractivity contribution in [1.82, 2.24) is 0 Å². The molecule has 0 fully saturated rings. The third-order valence-electron chi connectivity index (χ3n) is 2.55. The zero-order valence-corrected chi connectivity index (χ0v) is 9.31. The van der Waals surface area contributed by atoms with Crippen molar-refractivity contribution in [3.63, 3.8) is 0 Å². The first-order valence-corrected chi connectivity index (χ1v) is 5.25. The van der Waals surface area contributed by atoms with Crippen molar-refractivity contribution in [2.24, 2.45) is 17.6 Å². The fraction of sp³-hybridized carbons (Fsp3) is 0.500. The highest BCUT2D eigenvalue weighted by atomic mass is 16.5. The van der Waals surface area contributed by atoms with Gasteiger partial charge < -0.3 is 15.6 Å². The molecule has 0 amide bonds. The molecule has 1 aromatic rings. The van der Waals surface area contributed by atoms with Gasteiger partial charge in [0.25, 0.3) is 0 Å². The van der Waals surface area contributed by atoms with Crippen LogP contribution < -0.4 is 10.5 Å². The van der Waals surface area contributed by atoms with E-state index in [9.17, 15) is 0 Å². The zero-order valence-electron chi connectivity index (χ0n) is 9.31. The third-order valence-corrected chi connectivity index (χ3v) is 2.55. The molecule has 1 rings (SSSR count). The summed E-state index contributed by atoms with van der Waals surface area (Å²) in [4.78, 5) is 0. The van der Waals surface area contributed by atoms with Gasteiger partial charge in [-0.05, 0) is 36.7 Å². The van der Waals surface area contributed by atoms with E-state index in [-0.39, 0.29) is 5.75 Å². The van der Waals surface area contributed by atoms with E-state index in [1.807, 2.05) is 0 Å². The second kappa shape index (κ2) is 5.61. The quantitative estimate of drug-likeness (QED) is 0.779. The lowest BCUT2D eigenvalue weighted by molar-refractivity contribution is 0.214. The maximum Gasteiger partial charge on any atom is 0.119 e. The molecule has 3 heteroatoms. The van der Waals surface area contributed by atoms with Crippen LogP contribution in [-0.4, -0.2) is 18.3 Å². The van der Waals surface area contributed by atoms with Crippen LogP contribution in [0.25, 0.3) is 0 Å². The molecule has 0 radical (unpaired) electrons. The van der Waals surface area contributed by atoms with Crippen molar-refractivity contribution < 1.29 is 9.84 Å². The Balaban J connectivity index is 2.45. The minimum Gasteiger partial charge on any atom is -0.508 e. The van der Waals surface area contributed by atoms with E-state index >= 15 is 0 Å². The van der Waals surface area contributed by atoms with Crippen molar-refractivity contribution in [3.05, 3.63) is 24.3 Å². The molecule has 0 aliphatic rings. The Kier molecular flexibility index (Phi) is 4.43. The Labute approximate surface area is 90.9 Å². The molecule has 1 atom stereocenters. The lowest BCUT2D eigenvalue weighted by Gasteiger charge is -2.19. The van der Waals surface area contributed by atoms with Gasteiger partial charge in [-0.1, -0.05) is 13.8 Å². The topological polar surface area (TPSA) is 55.5 Å². The first kappa shape index (κ1) is 11.9. The molecule has 3 nitrogen and oxygen atoms in total. The Morgan fingerprint density at radius 2 is 1.87 bits per heavy atom. The molecule has 15 heavy (non-hydrogen) atoms. The summed E-state index contributed by atoms with van der Waals surface area (Å²) >= 11 is 0.